The maximum absolute atomic E-state index is 5.81. The number of hydrogen-bond donors (Lipinski definition) is 0. The Kier molecular flexibility index (Phi) is 5.33. The third-order valence-corrected chi connectivity index (χ3v) is 3.03. The average molecular weight is 267 g/mol. The molecule has 2 nitrogen and oxygen atoms in total. The zero-order chi connectivity index (χ0) is 13.6. The normalized spacial score (nSPS) is 15.8. The Bertz CT molecular complexity index is 381. The van der Waals surface area contributed by atoms with Crippen molar-refractivity contribution >= 4 is 11.6 Å². The fraction of sp³-hybridized carbons (Fsp3) is 0.600. The fourth-order valence-electron chi connectivity index (χ4n) is 1.72. The van der Waals surface area contributed by atoms with Crippen LogP contribution < -0.4 is 0 Å². The van der Waals surface area contributed by atoms with Gasteiger partial charge in [-0.3, -0.25) is 0 Å². The van der Waals surface area contributed by atoms with Crippen molar-refractivity contribution in [1.82, 2.24) is 0 Å². The van der Waals surface area contributed by atoms with Crippen molar-refractivity contribution in [3.63, 3.8) is 0 Å². The molecule has 0 radical (unpaired) electrons. The molecule has 18 heavy (non-hydrogen) atoms. The van der Waals surface area contributed by atoms with Crippen molar-refractivity contribution in [3.8, 4) is 0 Å². The summed E-state index contributed by atoms with van der Waals surface area (Å²) in [7, 11) is 0. The summed E-state index contributed by atoms with van der Waals surface area (Å²) >= 11 is 5.81. The number of hydrogen-bond acceptors (Lipinski definition) is 2. The molecule has 0 bridgehead atoms. The number of rotatable bonds is 5. The molecule has 1 unspecified atom stereocenters. The summed E-state index contributed by atoms with van der Waals surface area (Å²) in [5, 5.41) is 9.04. The van der Waals surface area contributed by atoms with E-state index >= 15 is 0 Å². The van der Waals surface area contributed by atoms with Gasteiger partial charge in [-0.05, 0) is 46.1 Å². The van der Waals surface area contributed by atoms with Crippen LogP contribution in [-0.2, 0) is 5.54 Å². The molecule has 1 atom stereocenters. The molecule has 3 heteroatoms. The van der Waals surface area contributed by atoms with E-state index in [1.165, 1.54) is 5.56 Å². The first-order valence-electron chi connectivity index (χ1n) is 6.43. The lowest BCUT2D eigenvalue weighted by Gasteiger charge is -2.25. The first-order valence-corrected chi connectivity index (χ1v) is 6.96. The van der Waals surface area contributed by atoms with Gasteiger partial charge >= 0.3 is 0 Å². The molecule has 0 N–H and O–H groups in total. The molecule has 0 fully saturated rings. The Morgan fingerprint density at radius 3 is 2.11 bits per heavy atom. The molecule has 0 saturated heterocycles. The van der Waals surface area contributed by atoms with Crippen molar-refractivity contribution < 1.29 is 0 Å². The monoisotopic (exact) mass is 266 g/mol. The Morgan fingerprint density at radius 1 is 1.00 bits per heavy atom. The maximum atomic E-state index is 5.81. The lowest BCUT2D eigenvalue weighted by Crippen LogP contribution is -2.21. The van der Waals surface area contributed by atoms with Crippen molar-refractivity contribution in [2.24, 2.45) is 10.2 Å². The fourth-order valence-corrected chi connectivity index (χ4v) is 1.85. The quantitative estimate of drug-likeness (QED) is 0.519. The number of nitrogens with zero attached hydrogens (tertiary/aromatic N) is 2. The van der Waals surface area contributed by atoms with E-state index in [0.29, 0.717) is 5.88 Å². The van der Waals surface area contributed by atoms with E-state index in [1.807, 2.05) is 18.2 Å². The van der Waals surface area contributed by atoms with Crippen LogP contribution in [0, 0.1) is 0 Å². The summed E-state index contributed by atoms with van der Waals surface area (Å²) < 4.78 is 0. The van der Waals surface area contributed by atoms with Gasteiger partial charge in [0, 0.05) is 5.88 Å². The highest BCUT2D eigenvalue weighted by Crippen LogP contribution is 2.32. The van der Waals surface area contributed by atoms with Gasteiger partial charge in [0.2, 0.25) is 0 Å². The molecule has 0 aliphatic carbocycles. The second kappa shape index (κ2) is 6.33. The predicted octanol–water partition coefficient (Wildman–Crippen LogP) is 5.17. The minimum Gasteiger partial charge on any atom is -0.187 e. The third-order valence-electron chi connectivity index (χ3n) is 2.76. The van der Waals surface area contributed by atoms with Crippen LogP contribution in [0.1, 0.15) is 46.1 Å². The zero-order valence-corrected chi connectivity index (χ0v) is 12.5. The van der Waals surface area contributed by atoms with E-state index in [4.69, 9.17) is 11.6 Å². The summed E-state index contributed by atoms with van der Waals surface area (Å²) in [5.41, 5.74) is 0.781. The summed E-state index contributed by atoms with van der Waals surface area (Å²) in [5.74, 6) is 0.660. The average Bonchev–Trinajstić information content (AvgIpc) is 2.34. The molecular weight excluding hydrogens is 244 g/mol. The van der Waals surface area contributed by atoms with Crippen molar-refractivity contribution in [3.05, 3.63) is 35.9 Å². The van der Waals surface area contributed by atoms with E-state index in [9.17, 15) is 0 Å². The van der Waals surface area contributed by atoms with Crippen LogP contribution in [0.25, 0.3) is 0 Å². The highest BCUT2D eigenvalue weighted by molar-refractivity contribution is 6.17. The van der Waals surface area contributed by atoms with Gasteiger partial charge in [-0.1, -0.05) is 30.3 Å². The van der Waals surface area contributed by atoms with Gasteiger partial charge in [-0.15, -0.1) is 11.6 Å². The van der Waals surface area contributed by atoms with Crippen molar-refractivity contribution in [1.29, 1.82) is 0 Å². The Labute approximate surface area is 115 Å². The molecule has 1 aromatic carbocycles. The van der Waals surface area contributed by atoms with Gasteiger partial charge in [0.15, 0.2) is 0 Å². The molecule has 0 aliphatic heterocycles. The summed E-state index contributed by atoms with van der Waals surface area (Å²) in [4.78, 5) is 0. The molecule has 1 rings (SSSR count). The minimum atomic E-state index is -0.274. The Hall–Kier alpha value is -0.890. The number of azo groups is 1. The van der Waals surface area contributed by atoms with Crippen LogP contribution in [0.15, 0.2) is 40.6 Å². The lowest BCUT2D eigenvalue weighted by molar-refractivity contribution is 0.394. The van der Waals surface area contributed by atoms with Gasteiger partial charge in [0.25, 0.3) is 0 Å². The zero-order valence-electron chi connectivity index (χ0n) is 11.8. The minimum absolute atomic E-state index is 0.142. The first kappa shape index (κ1) is 15.2. The molecule has 1 aromatic rings. The smallest absolute Gasteiger partial charge is 0.104 e. The molecular formula is C15H23ClN2. The predicted molar refractivity (Wildman–Crippen MR) is 78.4 cm³/mol. The molecule has 0 aromatic heterocycles. The van der Waals surface area contributed by atoms with Crippen molar-refractivity contribution in [2.45, 2.75) is 51.6 Å². The third kappa shape index (κ3) is 4.77. The van der Waals surface area contributed by atoms with Crippen LogP contribution in [0.3, 0.4) is 0 Å². The topological polar surface area (TPSA) is 24.7 Å². The highest BCUT2D eigenvalue weighted by atomic mass is 35.5. The molecule has 0 spiro atoms. The van der Waals surface area contributed by atoms with Gasteiger partial charge in [-0.25, -0.2) is 0 Å². The first-order chi connectivity index (χ1) is 8.37. The van der Waals surface area contributed by atoms with Crippen LogP contribution in [0.5, 0.6) is 0 Å². The van der Waals surface area contributed by atoms with Crippen LogP contribution in [-0.4, -0.2) is 11.4 Å². The van der Waals surface area contributed by atoms with Crippen molar-refractivity contribution in [2.75, 3.05) is 5.88 Å². The Morgan fingerprint density at radius 2 is 1.61 bits per heavy atom. The number of alkyl halides is 1. The molecule has 0 amide bonds. The molecule has 100 valence electrons. The van der Waals surface area contributed by atoms with Gasteiger partial charge in [0.1, 0.15) is 5.54 Å². The largest absolute Gasteiger partial charge is 0.187 e. The standard InChI is InChI=1S/C15H23ClN2/c1-14(2,3)17-18-15(4,11-8-12-16)13-9-6-5-7-10-13/h5-7,9-10H,8,11-12H2,1-4H3. The maximum Gasteiger partial charge on any atom is 0.104 e. The van der Waals surface area contributed by atoms with Crippen LogP contribution in [0.2, 0.25) is 0 Å². The van der Waals surface area contributed by atoms with E-state index in [2.05, 4.69) is 50.1 Å². The summed E-state index contributed by atoms with van der Waals surface area (Å²) in [6.45, 7) is 8.31. The highest BCUT2D eigenvalue weighted by Gasteiger charge is 2.26. The van der Waals surface area contributed by atoms with Gasteiger partial charge in [-0.2, -0.15) is 10.2 Å². The van der Waals surface area contributed by atoms with E-state index in [0.717, 1.165) is 12.8 Å². The SMILES string of the molecule is CC(C)(C)N=NC(C)(CCCCl)c1ccccc1. The van der Waals surface area contributed by atoms with Gasteiger partial charge < -0.3 is 0 Å². The molecule has 0 heterocycles. The van der Waals surface area contributed by atoms with Crippen LogP contribution in [0.4, 0.5) is 0 Å². The van der Waals surface area contributed by atoms with Gasteiger partial charge in [0.05, 0.1) is 5.54 Å². The second-order valence-electron chi connectivity index (χ2n) is 5.80. The Balaban J connectivity index is 2.99. The summed E-state index contributed by atoms with van der Waals surface area (Å²) in [6, 6.07) is 10.3. The van der Waals surface area contributed by atoms with E-state index in [1.54, 1.807) is 0 Å². The number of halogens is 1. The van der Waals surface area contributed by atoms with Crippen LogP contribution >= 0.6 is 11.6 Å². The number of benzene rings is 1. The summed E-state index contributed by atoms with van der Waals surface area (Å²) in [6.07, 6.45) is 1.86. The lowest BCUT2D eigenvalue weighted by atomic mass is 9.88. The van der Waals surface area contributed by atoms with E-state index in [-0.39, 0.29) is 11.1 Å². The molecule has 0 saturated carbocycles. The molecule has 0 aliphatic rings. The van der Waals surface area contributed by atoms with E-state index < -0.39 is 0 Å². The second-order valence-corrected chi connectivity index (χ2v) is 6.18.